The van der Waals surface area contributed by atoms with E-state index in [2.05, 4.69) is 40.2 Å². The topological polar surface area (TPSA) is 9.23 Å². The summed E-state index contributed by atoms with van der Waals surface area (Å²) in [6.07, 6.45) is 7.00. The van der Waals surface area contributed by atoms with Crippen LogP contribution in [0.4, 0.5) is 0 Å². The minimum absolute atomic E-state index is 1.03. The van der Waals surface area contributed by atoms with Gasteiger partial charge in [-0.1, -0.05) is 34.1 Å². The van der Waals surface area contributed by atoms with Gasteiger partial charge in [0.25, 0.3) is 0 Å². The average Bonchev–Trinajstić information content (AvgIpc) is 2.35. The molecule has 0 unspecified atom stereocenters. The van der Waals surface area contributed by atoms with E-state index in [4.69, 9.17) is 4.74 Å². The molecule has 0 heterocycles. The molecule has 0 N–H and O–H groups in total. The Balaban J connectivity index is 2.35. The molecular formula is C14H17BrO. The van der Waals surface area contributed by atoms with Gasteiger partial charge in [0.2, 0.25) is 0 Å². The van der Waals surface area contributed by atoms with Gasteiger partial charge in [0, 0.05) is 10.9 Å². The SMILES string of the molecule is COc1cccc2c1C(CCCBr)=CCC2. The van der Waals surface area contributed by atoms with Crippen molar-refractivity contribution < 1.29 is 4.74 Å². The highest BCUT2D eigenvalue weighted by Crippen LogP contribution is 2.36. The molecule has 0 aliphatic heterocycles. The number of aryl methyl sites for hydroxylation is 1. The highest BCUT2D eigenvalue weighted by molar-refractivity contribution is 9.09. The van der Waals surface area contributed by atoms with E-state index < -0.39 is 0 Å². The molecule has 0 spiro atoms. The van der Waals surface area contributed by atoms with Crippen LogP contribution < -0.4 is 4.74 Å². The number of benzene rings is 1. The van der Waals surface area contributed by atoms with Crippen LogP contribution in [0.15, 0.2) is 24.3 Å². The molecular weight excluding hydrogens is 264 g/mol. The fraction of sp³-hybridized carbons (Fsp3) is 0.429. The summed E-state index contributed by atoms with van der Waals surface area (Å²) >= 11 is 3.49. The minimum Gasteiger partial charge on any atom is -0.496 e. The van der Waals surface area contributed by atoms with Crippen molar-refractivity contribution in [1.82, 2.24) is 0 Å². The van der Waals surface area contributed by atoms with Crippen molar-refractivity contribution in [2.75, 3.05) is 12.4 Å². The number of halogens is 1. The van der Waals surface area contributed by atoms with Gasteiger partial charge in [0.1, 0.15) is 5.75 Å². The highest BCUT2D eigenvalue weighted by Gasteiger charge is 2.16. The first-order chi connectivity index (χ1) is 7.86. The average molecular weight is 281 g/mol. The number of hydrogen-bond acceptors (Lipinski definition) is 1. The van der Waals surface area contributed by atoms with Gasteiger partial charge in [0.05, 0.1) is 7.11 Å². The summed E-state index contributed by atoms with van der Waals surface area (Å²) in [5.41, 5.74) is 4.24. The van der Waals surface area contributed by atoms with E-state index in [0.29, 0.717) is 0 Å². The predicted octanol–water partition coefficient (Wildman–Crippen LogP) is 4.20. The van der Waals surface area contributed by atoms with Gasteiger partial charge in [-0.3, -0.25) is 0 Å². The van der Waals surface area contributed by atoms with Crippen molar-refractivity contribution in [2.45, 2.75) is 25.7 Å². The van der Waals surface area contributed by atoms with Gasteiger partial charge in [-0.2, -0.15) is 0 Å². The van der Waals surface area contributed by atoms with E-state index in [0.717, 1.165) is 30.3 Å². The molecule has 0 saturated heterocycles. The van der Waals surface area contributed by atoms with E-state index in [-0.39, 0.29) is 0 Å². The Bertz CT molecular complexity index is 396. The second-order valence-electron chi connectivity index (χ2n) is 4.05. The monoisotopic (exact) mass is 280 g/mol. The Hall–Kier alpha value is -0.760. The standard InChI is InChI=1S/C14H17BrO/c1-16-13-9-3-7-11-5-2-6-12(14(11)13)8-4-10-15/h3,6-7,9H,2,4-5,8,10H2,1H3. The Morgan fingerprint density at radius 1 is 1.38 bits per heavy atom. The molecule has 1 aromatic rings. The second-order valence-corrected chi connectivity index (χ2v) is 4.85. The van der Waals surface area contributed by atoms with Gasteiger partial charge < -0.3 is 4.74 Å². The number of alkyl halides is 1. The van der Waals surface area contributed by atoms with Crippen LogP contribution in [0.5, 0.6) is 5.75 Å². The molecule has 0 aromatic heterocycles. The molecule has 0 saturated carbocycles. The number of ether oxygens (including phenoxy) is 1. The number of methoxy groups -OCH3 is 1. The number of hydrogen-bond donors (Lipinski definition) is 0. The van der Waals surface area contributed by atoms with Crippen molar-refractivity contribution in [2.24, 2.45) is 0 Å². The quantitative estimate of drug-likeness (QED) is 0.751. The fourth-order valence-corrected chi connectivity index (χ4v) is 2.59. The zero-order chi connectivity index (χ0) is 11.4. The van der Waals surface area contributed by atoms with Gasteiger partial charge in [-0.05, 0) is 42.9 Å². The Labute approximate surface area is 106 Å². The summed E-state index contributed by atoms with van der Waals surface area (Å²) in [4.78, 5) is 0. The van der Waals surface area contributed by atoms with Crippen LogP contribution in [0, 0.1) is 0 Å². The van der Waals surface area contributed by atoms with Crippen molar-refractivity contribution >= 4 is 21.5 Å². The fourth-order valence-electron chi connectivity index (χ4n) is 2.31. The van der Waals surface area contributed by atoms with Crippen LogP contribution in [-0.2, 0) is 6.42 Å². The minimum atomic E-state index is 1.03. The van der Waals surface area contributed by atoms with E-state index in [9.17, 15) is 0 Å². The maximum atomic E-state index is 5.47. The maximum absolute atomic E-state index is 5.47. The molecule has 0 amide bonds. The van der Waals surface area contributed by atoms with Crippen LogP contribution in [0.1, 0.15) is 30.4 Å². The molecule has 1 nitrogen and oxygen atoms in total. The van der Waals surface area contributed by atoms with E-state index >= 15 is 0 Å². The molecule has 0 bridgehead atoms. The van der Waals surface area contributed by atoms with E-state index in [1.807, 2.05) is 0 Å². The molecule has 0 radical (unpaired) electrons. The lowest BCUT2D eigenvalue weighted by Crippen LogP contribution is -2.02. The maximum Gasteiger partial charge on any atom is 0.126 e. The van der Waals surface area contributed by atoms with Crippen LogP contribution in [0.2, 0.25) is 0 Å². The van der Waals surface area contributed by atoms with Crippen LogP contribution in [0.3, 0.4) is 0 Å². The van der Waals surface area contributed by atoms with Crippen molar-refractivity contribution in [3.63, 3.8) is 0 Å². The van der Waals surface area contributed by atoms with Crippen molar-refractivity contribution in [3.05, 3.63) is 35.4 Å². The van der Waals surface area contributed by atoms with Crippen molar-refractivity contribution in [3.8, 4) is 5.75 Å². The lowest BCUT2D eigenvalue weighted by Gasteiger charge is -2.20. The number of fused-ring (bicyclic) bond motifs is 1. The molecule has 1 aromatic carbocycles. The second kappa shape index (κ2) is 5.53. The molecule has 2 heteroatoms. The largest absolute Gasteiger partial charge is 0.496 e. The molecule has 86 valence electrons. The molecule has 1 aliphatic rings. The third-order valence-corrected chi connectivity index (χ3v) is 3.60. The first-order valence-electron chi connectivity index (χ1n) is 5.78. The summed E-state index contributed by atoms with van der Waals surface area (Å²) in [7, 11) is 1.76. The molecule has 2 rings (SSSR count). The Morgan fingerprint density at radius 3 is 3.00 bits per heavy atom. The summed E-state index contributed by atoms with van der Waals surface area (Å²) in [5, 5.41) is 1.06. The van der Waals surface area contributed by atoms with Gasteiger partial charge in [0.15, 0.2) is 0 Å². The highest BCUT2D eigenvalue weighted by atomic mass is 79.9. The lowest BCUT2D eigenvalue weighted by molar-refractivity contribution is 0.412. The van der Waals surface area contributed by atoms with Gasteiger partial charge in [-0.15, -0.1) is 0 Å². The predicted molar refractivity (Wildman–Crippen MR) is 72.3 cm³/mol. The van der Waals surface area contributed by atoms with Crippen LogP contribution >= 0.6 is 15.9 Å². The molecule has 0 atom stereocenters. The van der Waals surface area contributed by atoms with E-state index in [1.165, 1.54) is 23.1 Å². The third-order valence-electron chi connectivity index (χ3n) is 3.04. The Kier molecular flexibility index (Phi) is 4.05. The first-order valence-corrected chi connectivity index (χ1v) is 6.90. The lowest BCUT2D eigenvalue weighted by atomic mass is 9.88. The molecule has 1 aliphatic carbocycles. The van der Waals surface area contributed by atoms with Crippen molar-refractivity contribution in [1.29, 1.82) is 0 Å². The first kappa shape index (κ1) is 11.7. The number of allylic oxidation sites excluding steroid dienone is 2. The van der Waals surface area contributed by atoms with Gasteiger partial charge in [-0.25, -0.2) is 0 Å². The third kappa shape index (κ3) is 2.32. The normalized spacial score (nSPS) is 14.2. The zero-order valence-electron chi connectivity index (χ0n) is 9.63. The number of rotatable bonds is 4. The summed E-state index contributed by atoms with van der Waals surface area (Å²) < 4.78 is 5.47. The molecule has 16 heavy (non-hydrogen) atoms. The summed E-state index contributed by atoms with van der Waals surface area (Å²) in [5.74, 6) is 1.03. The van der Waals surface area contributed by atoms with Gasteiger partial charge >= 0.3 is 0 Å². The van der Waals surface area contributed by atoms with E-state index in [1.54, 1.807) is 7.11 Å². The van der Waals surface area contributed by atoms with Crippen LogP contribution in [-0.4, -0.2) is 12.4 Å². The summed E-state index contributed by atoms with van der Waals surface area (Å²) in [6.45, 7) is 0. The Morgan fingerprint density at radius 2 is 2.25 bits per heavy atom. The molecule has 0 fully saturated rings. The zero-order valence-corrected chi connectivity index (χ0v) is 11.2. The summed E-state index contributed by atoms with van der Waals surface area (Å²) in [6, 6.07) is 6.37. The smallest absolute Gasteiger partial charge is 0.126 e. The van der Waals surface area contributed by atoms with Crippen LogP contribution in [0.25, 0.3) is 5.57 Å².